The molecule has 96 valence electrons. The van der Waals surface area contributed by atoms with Gasteiger partial charge in [0.2, 0.25) is 0 Å². The van der Waals surface area contributed by atoms with E-state index in [-0.39, 0.29) is 12.1 Å². The van der Waals surface area contributed by atoms with E-state index in [0.29, 0.717) is 6.61 Å². The topological polar surface area (TPSA) is 44.5 Å². The summed E-state index contributed by atoms with van der Waals surface area (Å²) in [5, 5.41) is 0. The summed E-state index contributed by atoms with van der Waals surface area (Å²) in [7, 11) is 0. The third-order valence-corrected chi connectivity index (χ3v) is 2.64. The average Bonchev–Trinajstić information content (AvgIpc) is 2.36. The highest BCUT2D eigenvalue weighted by atomic mass is 16.5. The van der Waals surface area contributed by atoms with Crippen molar-refractivity contribution in [1.29, 1.82) is 0 Å². The summed E-state index contributed by atoms with van der Waals surface area (Å²) >= 11 is 0. The Kier molecular flexibility index (Phi) is 6.01. The molecule has 0 heterocycles. The molecule has 3 heteroatoms. The van der Waals surface area contributed by atoms with Crippen molar-refractivity contribution in [3.63, 3.8) is 0 Å². The van der Waals surface area contributed by atoms with Crippen molar-refractivity contribution in [2.24, 2.45) is 5.73 Å². The lowest BCUT2D eigenvalue weighted by Crippen LogP contribution is -2.19. The molecule has 17 heavy (non-hydrogen) atoms. The predicted molar refractivity (Wildman–Crippen MR) is 70.2 cm³/mol. The van der Waals surface area contributed by atoms with E-state index in [1.807, 2.05) is 38.1 Å². The van der Waals surface area contributed by atoms with Crippen LogP contribution in [0.3, 0.4) is 0 Å². The summed E-state index contributed by atoms with van der Waals surface area (Å²) in [5.41, 5.74) is 7.10. The number of ether oxygens (including phenoxy) is 2. The molecule has 2 unspecified atom stereocenters. The number of benzene rings is 1. The number of hydrogen-bond donors (Lipinski definition) is 1. The first-order valence-electron chi connectivity index (χ1n) is 6.27. The van der Waals surface area contributed by atoms with Gasteiger partial charge in [0.05, 0.1) is 6.61 Å². The zero-order chi connectivity index (χ0) is 12.7. The van der Waals surface area contributed by atoms with E-state index in [1.54, 1.807) is 0 Å². The van der Waals surface area contributed by atoms with Crippen LogP contribution in [0.1, 0.15) is 38.8 Å². The highest BCUT2D eigenvalue weighted by Gasteiger charge is 2.06. The van der Waals surface area contributed by atoms with E-state index in [0.717, 1.165) is 24.3 Å². The van der Waals surface area contributed by atoms with E-state index < -0.39 is 0 Å². The fourth-order valence-corrected chi connectivity index (χ4v) is 1.58. The van der Waals surface area contributed by atoms with Gasteiger partial charge < -0.3 is 15.2 Å². The summed E-state index contributed by atoms with van der Waals surface area (Å²) in [6.45, 7) is 7.40. The molecule has 1 rings (SSSR count). The second-order valence-corrected chi connectivity index (χ2v) is 4.17. The number of rotatable bonds is 7. The molecule has 0 saturated heterocycles. The quantitative estimate of drug-likeness (QED) is 0.793. The van der Waals surface area contributed by atoms with Crippen molar-refractivity contribution >= 4 is 0 Å². The fraction of sp³-hybridized carbons (Fsp3) is 0.571. The van der Waals surface area contributed by atoms with Crippen LogP contribution in [0.4, 0.5) is 0 Å². The molecule has 2 atom stereocenters. The van der Waals surface area contributed by atoms with E-state index >= 15 is 0 Å². The first-order valence-corrected chi connectivity index (χ1v) is 6.27. The molecule has 1 aromatic rings. The zero-order valence-corrected chi connectivity index (χ0v) is 11.0. The molecule has 0 amide bonds. The molecule has 1 aromatic carbocycles. The predicted octanol–water partition coefficient (Wildman–Crippen LogP) is 2.90. The van der Waals surface area contributed by atoms with Crippen LogP contribution in [0.2, 0.25) is 0 Å². The van der Waals surface area contributed by atoms with Gasteiger partial charge in [-0.25, -0.2) is 0 Å². The Morgan fingerprint density at radius 3 is 2.35 bits per heavy atom. The van der Waals surface area contributed by atoms with Crippen LogP contribution >= 0.6 is 0 Å². The molecule has 0 bridgehead atoms. The molecule has 3 nitrogen and oxygen atoms in total. The minimum absolute atomic E-state index is 0.0700. The Labute approximate surface area is 104 Å². The third-order valence-electron chi connectivity index (χ3n) is 2.64. The smallest absolute Gasteiger partial charge is 0.119 e. The van der Waals surface area contributed by atoms with Gasteiger partial charge in [0, 0.05) is 12.6 Å². The largest absolute Gasteiger partial charge is 0.488 e. The van der Waals surface area contributed by atoms with Crippen LogP contribution in [0.15, 0.2) is 24.3 Å². The molecule has 0 aliphatic heterocycles. The molecule has 2 N–H and O–H groups in total. The van der Waals surface area contributed by atoms with E-state index in [2.05, 4.69) is 6.92 Å². The first-order chi connectivity index (χ1) is 8.17. The lowest BCUT2D eigenvalue weighted by atomic mass is 10.1. The van der Waals surface area contributed by atoms with Crippen molar-refractivity contribution in [2.45, 2.75) is 39.3 Å². The van der Waals surface area contributed by atoms with Gasteiger partial charge in [-0.15, -0.1) is 0 Å². The Hall–Kier alpha value is -1.06. The Balaban J connectivity index is 2.50. The van der Waals surface area contributed by atoms with Gasteiger partial charge in [-0.2, -0.15) is 0 Å². The van der Waals surface area contributed by atoms with E-state index in [1.165, 1.54) is 0 Å². The summed E-state index contributed by atoms with van der Waals surface area (Å²) in [6.07, 6.45) is 1.02. The molecule has 0 saturated carbocycles. The zero-order valence-electron chi connectivity index (χ0n) is 11.0. The third kappa shape index (κ3) is 4.75. The molecule has 0 fully saturated rings. The summed E-state index contributed by atoms with van der Waals surface area (Å²) in [6, 6.07) is 8.10. The number of hydrogen-bond acceptors (Lipinski definition) is 3. The number of nitrogens with two attached hydrogens (primary N) is 1. The minimum Gasteiger partial charge on any atom is -0.488 e. The monoisotopic (exact) mass is 237 g/mol. The van der Waals surface area contributed by atoms with Crippen molar-refractivity contribution in [3.8, 4) is 5.75 Å². The van der Waals surface area contributed by atoms with Crippen molar-refractivity contribution in [1.82, 2.24) is 0 Å². The molecular formula is C14H23NO2. The molecule has 0 aliphatic carbocycles. The molecule has 0 aromatic heterocycles. The van der Waals surface area contributed by atoms with Gasteiger partial charge in [0.25, 0.3) is 0 Å². The molecule has 0 spiro atoms. The van der Waals surface area contributed by atoms with Crippen LogP contribution in [-0.2, 0) is 4.74 Å². The Morgan fingerprint density at radius 2 is 1.82 bits per heavy atom. The minimum atomic E-state index is 0.0700. The van der Waals surface area contributed by atoms with Gasteiger partial charge in [-0.3, -0.25) is 0 Å². The normalized spacial score (nSPS) is 14.4. The van der Waals surface area contributed by atoms with E-state index in [9.17, 15) is 0 Å². The summed E-state index contributed by atoms with van der Waals surface area (Å²) in [4.78, 5) is 0. The SMILES string of the molecule is CCOCC(C)Oc1ccc(C(N)CC)cc1. The Bertz CT molecular complexity index is 311. The Morgan fingerprint density at radius 1 is 1.18 bits per heavy atom. The standard InChI is InChI=1S/C14H23NO2/c1-4-14(15)12-6-8-13(9-7-12)17-11(3)10-16-5-2/h6-9,11,14H,4-5,10,15H2,1-3H3. The maximum absolute atomic E-state index is 5.95. The van der Waals surface area contributed by atoms with Crippen molar-refractivity contribution in [3.05, 3.63) is 29.8 Å². The highest BCUT2D eigenvalue weighted by molar-refractivity contribution is 5.29. The van der Waals surface area contributed by atoms with Crippen molar-refractivity contribution in [2.75, 3.05) is 13.2 Å². The average molecular weight is 237 g/mol. The van der Waals surface area contributed by atoms with Crippen molar-refractivity contribution < 1.29 is 9.47 Å². The van der Waals surface area contributed by atoms with Gasteiger partial charge in [0.1, 0.15) is 11.9 Å². The van der Waals surface area contributed by atoms with Gasteiger partial charge in [-0.05, 0) is 38.0 Å². The first kappa shape index (κ1) is 14.0. The van der Waals surface area contributed by atoms with Gasteiger partial charge in [0.15, 0.2) is 0 Å². The summed E-state index contributed by atoms with van der Waals surface area (Å²) in [5.74, 6) is 0.865. The maximum atomic E-state index is 5.95. The van der Waals surface area contributed by atoms with Crippen LogP contribution in [0, 0.1) is 0 Å². The second-order valence-electron chi connectivity index (χ2n) is 4.17. The molecular weight excluding hydrogens is 214 g/mol. The van der Waals surface area contributed by atoms with E-state index in [4.69, 9.17) is 15.2 Å². The molecule has 0 aliphatic rings. The van der Waals surface area contributed by atoms with Crippen LogP contribution in [-0.4, -0.2) is 19.3 Å². The highest BCUT2D eigenvalue weighted by Crippen LogP contribution is 2.19. The van der Waals surface area contributed by atoms with Crippen LogP contribution in [0.5, 0.6) is 5.75 Å². The maximum Gasteiger partial charge on any atom is 0.119 e. The lowest BCUT2D eigenvalue weighted by molar-refractivity contribution is 0.0657. The van der Waals surface area contributed by atoms with Gasteiger partial charge in [-0.1, -0.05) is 19.1 Å². The van der Waals surface area contributed by atoms with Crippen LogP contribution < -0.4 is 10.5 Å². The summed E-state index contributed by atoms with van der Waals surface area (Å²) < 4.78 is 11.0. The van der Waals surface area contributed by atoms with Crippen LogP contribution in [0.25, 0.3) is 0 Å². The second kappa shape index (κ2) is 7.30. The lowest BCUT2D eigenvalue weighted by Gasteiger charge is -2.15. The molecule has 0 radical (unpaired) electrons. The fourth-order valence-electron chi connectivity index (χ4n) is 1.58. The van der Waals surface area contributed by atoms with Gasteiger partial charge >= 0.3 is 0 Å².